The molecule has 4 aromatic rings. The summed E-state index contributed by atoms with van der Waals surface area (Å²) in [6.45, 7) is 4.97. The van der Waals surface area contributed by atoms with E-state index in [2.05, 4.69) is 34.1 Å². The number of aromatic amines is 1. The van der Waals surface area contributed by atoms with Crippen molar-refractivity contribution >= 4 is 22.5 Å². The molecule has 1 aromatic carbocycles. The molecule has 0 atom stereocenters. The first-order chi connectivity index (χ1) is 16.1. The van der Waals surface area contributed by atoms with Crippen LogP contribution in [0.15, 0.2) is 47.5 Å². The van der Waals surface area contributed by atoms with E-state index in [-0.39, 0.29) is 24.0 Å². The molecule has 0 aliphatic carbocycles. The topological polar surface area (TPSA) is 101 Å². The van der Waals surface area contributed by atoms with Gasteiger partial charge in [-0.15, -0.1) is 0 Å². The second kappa shape index (κ2) is 9.95. The molecule has 0 spiro atoms. The lowest BCUT2D eigenvalue weighted by Gasteiger charge is -2.15. The minimum absolute atomic E-state index is 0.216. The fraction of sp³-hybridized carbons (Fsp3) is 0.360. The summed E-state index contributed by atoms with van der Waals surface area (Å²) in [5.41, 5.74) is 3.80. The molecule has 8 heteroatoms. The number of carbonyl (C=O) groups is 1. The molecule has 0 unspecified atom stereocenters. The van der Waals surface area contributed by atoms with Gasteiger partial charge < -0.3 is 15.0 Å². The van der Waals surface area contributed by atoms with Gasteiger partial charge in [0.15, 0.2) is 0 Å². The van der Waals surface area contributed by atoms with Crippen molar-refractivity contribution in [3.8, 4) is 0 Å². The number of carbonyl (C=O) groups excluding carboxylic acids is 1. The summed E-state index contributed by atoms with van der Waals surface area (Å²) in [4.78, 5) is 37.6. The number of imidazole rings is 1. The third-order valence-corrected chi connectivity index (χ3v) is 6.02. The highest BCUT2D eigenvalue weighted by Crippen LogP contribution is 2.26. The van der Waals surface area contributed by atoms with Crippen molar-refractivity contribution in [2.45, 2.75) is 45.6 Å². The highest BCUT2D eigenvalue weighted by molar-refractivity contribution is 5.99. The molecular weight excluding hydrogens is 418 g/mol. The van der Waals surface area contributed by atoms with E-state index in [0.717, 1.165) is 35.4 Å². The number of rotatable bonds is 9. The van der Waals surface area contributed by atoms with Gasteiger partial charge in [-0.3, -0.25) is 19.0 Å². The maximum Gasteiger partial charge on any atom is 0.274 e. The SMILES string of the molecule is CCC(CC)c1ncc2c(=O)[nH]c3cc(C(=O)NCCc4ccccn4)c(COC)cc3n12. The normalized spacial score (nSPS) is 11.5. The van der Waals surface area contributed by atoms with Crippen molar-refractivity contribution in [1.82, 2.24) is 24.7 Å². The van der Waals surface area contributed by atoms with Gasteiger partial charge in [0.25, 0.3) is 11.5 Å². The third kappa shape index (κ3) is 4.52. The lowest BCUT2D eigenvalue weighted by molar-refractivity contribution is 0.0949. The Hall–Kier alpha value is -3.52. The van der Waals surface area contributed by atoms with E-state index in [0.29, 0.717) is 29.6 Å². The largest absolute Gasteiger partial charge is 0.380 e. The molecule has 3 aromatic heterocycles. The summed E-state index contributed by atoms with van der Waals surface area (Å²) < 4.78 is 7.32. The Morgan fingerprint density at radius 1 is 1.18 bits per heavy atom. The molecule has 1 amide bonds. The first-order valence-electron chi connectivity index (χ1n) is 11.3. The maximum absolute atomic E-state index is 13.0. The second-order valence-corrected chi connectivity index (χ2v) is 8.09. The minimum atomic E-state index is -0.229. The second-order valence-electron chi connectivity index (χ2n) is 8.09. The Bertz CT molecular complexity index is 1320. The van der Waals surface area contributed by atoms with Crippen molar-refractivity contribution in [1.29, 1.82) is 0 Å². The van der Waals surface area contributed by atoms with E-state index >= 15 is 0 Å². The van der Waals surface area contributed by atoms with Crippen molar-refractivity contribution in [2.24, 2.45) is 0 Å². The van der Waals surface area contributed by atoms with Crippen LogP contribution in [-0.4, -0.2) is 38.9 Å². The molecule has 0 radical (unpaired) electrons. The van der Waals surface area contributed by atoms with Gasteiger partial charge >= 0.3 is 0 Å². The lowest BCUT2D eigenvalue weighted by Crippen LogP contribution is -2.27. The van der Waals surface area contributed by atoms with Crippen molar-refractivity contribution in [3.63, 3.8) is 0 Å². The first-order valence-corrected chi connectivity index (χ1v) is 11.3. The van der Waals surface area contributed by atoms with Gasteiger partial charge in [0.2, 0.25) is 0 Å². The number of nitrogens with one attached hydrogen (secondary N) is 2. The van der Waals surface area contributed by atoms with E-state index < -0.39 is 0 Å². The number of amides is 1. The highest BCUT2D eigenvalue weighted by atomic mass is 16.5. The number of hydrogen-bond acceptors (Lipinski definition) is 5. The van der Waals surface area contributed by atoms with Crippen LogP contribution in [0.5, 0.6) is 0 Å². The Labute approximate surface area is 192 Å². The number of hydrogen-bond donors (Lipinski definition) is 2. The lowest BCUT2D eigenvalue weighted by atomic mass is 10.0. The molecular formula is C25H29N5O3. The van der Waals surface area contributed by atoms with Gasteiger partial charge in [0.05, 0.1) is 23.8 Å². The highest BCUT2D eigenvalue weighted by Gasteiger charge is 2.20. The molecule has 0 saturated carbocycles. The summed E-state index contributed by atoms with van der Waals surface area (Å²) in [6.07, 6.45) is 5.84. The first kappa shape index (κ1) is 22.7. The van der Waals surface area contributed by atoms with E-state index in [9.17, 15) is 9.59 Å². The predicted molar refractivity (Wildman–Crippen MR) is 128 cm³/mol. The molecule has 0 bridgehead atoms. The third-order valence-electron chi connectivity index (χ3n) is 6.02. The Kier molecular flexibility index (Phi) is 6.84. The van der Waals surface area contributed by atoms with Crippen LogP contribution in [0.3, 0.4) is 0 Å². The van der Waals surface area contributed by atoms with E-state index in [1.54, 1.807) is 25.6 Å². The van der Waals surface area contributed by atoms with Gasteiger partial charge in [0, 0.05) is 43.4 Å². The van der Waals surface area contributed by atoms with Crippen LogP contribution < -0.4 is 10.9 Å². The van der Waals surface area contributed by atoms with E-state index in [1.807, 2.05) is 28.7 Å². The van der Waals surface area contributed by atoms with Crippen LogP contribution in [0.25, 0.3) is 16.6 Å². The van der Waals surface area contributed by atoms with Gasteiger partial charge in [-0.2, -0.15) is 0 Å². The Balaban J connectivity index is 1.75. The number of methoxy groups -OCH3 is 1. The Morgan fingerprint density at radius 2 is 2.00 bits per heavy atom. The molecule has 0 fully saturated rings. The summed E-state index contributed by atoms with van der Waals surface area (Å²) in [6, 6.07) is 9.37. The molecule has 172 valence electrons. The van der Waals surface area contributed by atoms with Crippen molar-refractivity contribution in [3.05, 3.63) is 75.7 Å². The van der Waals surface area contributed by atoms with Gasteiger partial charge in [-0.05, 0) is 42.7 Å². The molecule has 33 heavy (non-hydrogen) atoms. The average molecular weight is 448 g/mol. The van der Waals surface area contributed by atoms with Crippen molar-refractivity contribution < 1.29 is 9.53 Å². The fourth-order valence-electron chi connectivity index (χ4n) is 4.26. The number of ether oxygens (including phenoxy) is 1. The zero-order valence-corrected chi connectivity index (χ0v) is 19.2. The van der Waals surface area contributed by atoms with Crippen LogP contribution in [0.2, 0.25) is 0 Å². The van der Waals surface area contributed by atoms with Crippen LogP contribution >= 0.6 is 0 Å². The van der Waals surface area contributed by atoms with Crippen LogP contribution in [0, 0.1) is 0 Å². The van der Waals surface area contributed by atoms with Crippen LogP contribution in [0.4, 0.5) is 0 Å². The number of aromatic nitrogens is 4. The number of pyridine rings is 1. The van der Waals surface area contributed by atoms with E-state index in [1.165, 1.54) is 0 Å². The number of H-pyrrole nitrogens is 1. The number of nitrogens with zero attached hydrogens (tertiary/aromatic N) is 3. The summed E-state index contributed by atoms with van der Waals surface area (Å²) >= 11 is 0. The Morgan fingerprint density at radius 3 is 2.70 bits per heavy atom. The maximum atomic E-state index is 13.0. The number of benzene rings is 1. The molecule has 8 nitrogen and oxygen atoms in total. The minimum Gasteiger partial charge on any atom is -0.380 e. The van der Waals surface area contributed by atoms with E-state index in [4.69, 9.17) is 4.74 Å². The fourth-order valence-corrected chi connectivity index (χ4v) is 4.26. The van der Waals surface area contributed by atoms with Crippen molar-refractivity contribution in [2.75, 3.05) is 13.7 Å². The average Bonchev–Trinajstić information content (AvgIpc) is 3.27. The summed E-state index contributed by atoms with van der Waals surface area (Å²) in [5, 5.41) is 2.96. The molecule has 2 N–H and O–H groups in total. The standard InChI is InChI=1S/C25H29N5O3/c1-4-16(5-2)23-28-14-22-25(32)29-20-13-19(17(15-33-3)12-21(20)30(22)23)24(31)27-11-9-18-8-6-7-10-26-18/h6-8,10,12-14,16H,4-5,9,11,15H2,1-3H3,(H,27,31)(H,29,32). The zero-order chi connectivity index (χ0) is 23.4. The predicted octanol–water partition coefficient (Wildman–Crippen LogP) is 3.59. The molecule has 4 rings (SSSR count). The summed E-state index contributed by atoms with van der Waals surface area (Å²) in [7, 11) is 1.60. The molecule has 0 aliphatic heterocycles. The number of fused-ring (bicyclic) bond motifs is 3. The van der Waals surface area contributed by atoms with Gasteiger partial charge in [-0.25, -0.2) is 4.98 Å². The van der Waals surface area contributed by atoms with Crippen LogP contribution in [-0.2, 0) is 17.8 Å². The zero-order valence-electron chi connectivity index (χ0n) is 19.2. The van der Waals surface area contributed by atoms with Crippen LogP contribution in [0.1, 0.15) is 60.0 Å². The smallest absolute Gasteiger partial charge is 0.274 e. The molecule has 0 saturated heterocycles. The van der Waals surface area contributed by atoms with Gasteiger partial charge in [0.1, 0.15) is 11.3 Å². The monoisotopic (exact) mass is 447 g/mol. The summed E-state index contributed by atoms with van der Waals surface area (Å²) in [5.74, 6) is 0.881. The van der Waals surface area contributed by atoms with Gasteiger partial charge in [-0.1, -0.05) is 19.9 Å². The molecule has 0 aliphatic rings. The quantitative estimate of drug-likeness (QED) is 0.408. The molecule has 3 heterocycles.